The summed E-state index contributed by atoms with van der Waals surface area (Å²) < 4.78 is 5.36. The molecular weight excluding hydrogens is 276 g/mol. The van der Waals surface area contributed by atoms with Crippen molar-refractivity contribution in [1.29, 1.82) is 0 Å². The molecule has 3 heteroatoms. The Morgan fingerprint density at radius 1 is 1.00 bits per heavy atom. The molecule has 0 heterocycles. The number of aryl methyl sites for hydroxylation is 1. The average molecular weight is 298 g/mol. The van der Waals surface area contributed by atoms with Gasteiger partial charge in [0.05, 0.1) is 7.11 Å². The SMILES string of the molecule is COc1cc(C)c(C=CC=CC=CC=CC(=O)O)c(C)c1C. The second-order valence-electron chi connectivity index (χ2n) is 4.89. The lowest BCUT2D eigenvalue weighted by atomic mass is 9.97. The van der Waals surface area contributed by atoms with Gasteiger partial charge in [0.2, 0.25) is 0 Å². The zero-order chi connectivity index (χ0) is 16.5. The lowest BCUT2D eigenvalue weighted by molar-refractivity contribution is -0.131. The van der Waals surface area contributed by atoms with Gasteiger partial charge in [-0.15, -0.1) is 0 Å². The fraction of sp³-hybridized carbons (Fsp3) is 0.211. The van der Waals surface area contributed by atoms with E-state index in [2.05, 4.69) is 26.8 Å². The molecule has 0 saturated carbocycles. The van der Waals surface area contributed by atoms with Crippen LogP contribution in [-0.4, -0.2) is 18.2 Å². The van der Waals surface area contributed by atoms with Crippen LogP contribution in [0.3, 0.4) is 0 Å². The number of carbonyl (C=O) groups is 1. The van der Waals surface area contributed by atoms with Gasteiger partial charge >= 0.3 is 5.97 Å². The highest BCUT2D eigenvalue weighted by atomic mass is 16.5. The highest BCUT2D eigenvalue weighted by Crippen LogP contribution is 2.28. The molecule has 0 aromatic heterocycles. The first kappa shape index (κ1) is 17.5. The van der Waals surface area contributed by atoms with E-state index >= 15 is 0 Å². The molecule has 0 saturated heterocycles. The predicted octanol–water partition coefficient (Wildman–Crippen LogP) is 4.39. The Bertz CT molecular complexity index is 647. The molecule has 1 N–H and O–H groups in total. The fourth-order valence-electron chi connectivity index (χ4n) is 2.08. The van der Waals surface area contributed by atoms with Crippen LogP contribution < -0.4 is 4.74 Å². The first-order chi connectivity index (χ1) is 10.5. The van der Waals surface area contributed by atoms with Crippen molar-refractivity contribution in [3.8, 4) is 5.75 Å². The quantitative estimate of drug-likeness (QED) is 0.626. The molecule has 0 aliphatic carbocycles. The summed E-state index contributed by atoms with van der Waals surface area (Å²) in [6.45, 7) is 6.21. The second kappa shape index (κ2) is 8.67. The third-order valence-electron chi connectivity index (χ3n) is 3.39. The Balaban J connectivity index is 2.79. The Kier molecular flexibility index (Phi) is 6.90. The largest absolute Gasteiger partial charge is 0.496 e. The van der Waals surface area contributed by atoms with Crippen LogP contribution in [0.15, 0.2) is 48.6 Å². The number of hydrogen-bond acceptors (Lipinski definition) is 2. The first-order valence-electron chi connectivity index (χ1n) is 7.03. The summed E-state index contributed by atoms with van der Waals surface area (Å²) in [7, 11) is 1.69. The van der Waals surface area contributed by atoms with Gasteiger partial charge < -0.3 is 9.84 Å². The predicted molar refractivity (Wildman–Crippen MR) is 91.3 cm³/mol. The van der Waals surface area contributed by atoms with Crippen LogP contribution in [0.25, 0.3) is 6.08 Å². The van der Waals surface area contributed by atoms with Gasteiger partial charge in [0.15, 0.2) is 0 Å². The van der Waals surface area contributed by atoms with Gasteiger partial charge in [0, 0.05) is 6.08 Å². The molecule has 0 fully saturated rings. The Morgan fingerprint density at radius 2 is 1.59 bits per heavy atom. The number of hydrogen-bond donors (Lipinski definition) is 1. The fourth-order valence-corrected chi connectivity index (χ4v) is 2.08. The molecule has 0 aliphatic heterocycles. The molecule has 0 radical (unpaired) electrons. The van der Waals surface area contributed by atoms with Gasteiger partial charge in [-0.2, -0.15) is 0 Å². The molecule has 22 heavy (non-hydrogen) atoms. The first-order valence-corrected chi connectivity index (χ1v) is 7.03. The van der Waals surface area contributed by atoms with Crippen LogP contribution >= 0.6 is 0 Å². The monoisotopic (exact) mass is 298 g/mol. The van der Waals surface area contributed by atoms with Crippen LogP contribution in [-0.2, 0) is 4.79 Å². The van der Waals surface area contributed by atoms with E-state index < -0.39 is 5.97 Å². The van der Waals surface area contributed by atoms with E-state index in [1.54, 1.807) is 19.3 Å². The third-order valence-corrected chi connectivity index (χ3v) is 3.39. The molecule has 116 valence electrons. The van der Waals surface area contributed by atoms with Crippen LogP contribution in [0.4, 0.5) is 0 Å². The second-order valence-corrected chi connectivity index (χ2v) is 4.89. The van der Waals surface area contributed by atoms with Crippen molar-refractivity contribution < 1.29 is 14.6 Å². The van der Waals surface area contributed by atoms with Crippen molar-refractivity contribution in [1.82, 2.24) is 0 Å². The minimum Gasteiger partial charge on any atom is -0.496 e. The number of carboxylic acid groups (broad SMARTS) is 1. The normalized spacial score (nSPS) is 12.2. The standard InChI is InChI=1S/C19H22O3/c1-14-13-18(22-4)16(3)15(2)17(14)11-9-7-5-6-8-10-12-19(20)21/h5-13H,1-4H3,(H,20,21). The summed E-state index contributed by atoms with van der Waals surface area (Å²) in [5, 5.41) is 8.43. The van der Waals surface area contributed by atoms with Gasteiger partial charge in [-0.05, 0) is 49.1 Å². The molecule has 1 aromatic rings. The van der Waals surface area contributed by atoms with Gasteiger partial charge in [0.1, 0.15) is 5.75 Å². The van der Waals surface area contributed by atoms with E-state index in [-0.39, 0.29) is 0 Å². The Labute approximate surface area is 131 Å². The lowest BCUT2D eigenvalue weighted by Crippen LogP contribution is -1.95. The van der Waals surface area contributed by atoms with E-state index in [4.69, 9.17) is 9.84 Å². The molecule has 0 amide bonds. The van der Waals surface area contributed by atoms with Gasteiger partial charge in [-0.1, -0.05) is 42.5 Å². The van der Waals surface area contributed by atoms with Gasteiger partial charge in [-0.3, -0.25) is 0 Å². The summed E-state index contributed by atoms with van der Waals surface area (Å²) in [4.78, 5) is 10.3. The minimum atomic E-state index is -0.950. The summed E-state index contributed by atoms with van der Waals surface area (Å²) in [6.07, 6.45) is 13.8. The highest BCUT2D eigenvalue weighted by Gasteiger charge is 2.07. The zero-order valence-electron chi connectivity index (χ0n) is 13.5. The molecule has 1 rings (SSSR count). The summed E-state index contributed by atoms with van der Waals surface area (Å²) in [5.74, 6) is -0.0369. The van der Waals surface area contributed by atoms with E-state index in [0.717, 1.165) is 17.4 Å². The number of carboxylic acids is 1. The maximum absolute atomic E-state index is 10.3. The maximum Gasteiger partial charge on any atom is 0.328 e. The van der Waals surface area contributed by atoms with Gasteiger partial charge in [0.25, 0.3) is 0 Å². The summed E-state index contributed by atoms with van der Waals surface area (Å²) >= 11 is 0. The average Bonchev–Trinajstić information content (AvgIpc) is 2.48. The summed E-state index contributed by atoms with van der Waals surface area (Å²) in [5.41, 5.74) is 4.72. The van der Waals surface area contributed by atoms with E-state index in [0.29, 0.717) is 0 Å². The molecular formula is C19H22O3. The maximum atomic E-state index is 10.3. The van der Waals surface area contributed by atoms with Crippen molar-refractivity contribution in [2.45, 2.75) is 20.8 Å². The number of methoxy groups -OCH3 is 1. The number of aliphatic carboxylic acids is 1. The number of benzene rings is 1. The van der Waals surface area contributed by atoms with Crippen molar-refractivity contribution in [3.63, 3.8) is 0 Å². The summed E-state index contributed by atoms with van der Waals surface area (Å²) in [6, 6.07) is 2.04. The Morgan fingerprint density at radius 3 is 2.18 bits per heavy atom. The molecule has 0 unspecified atom stereocenters. The Hall–Kier alpha value is -2.55. The van der Waals surface area contributed by atoms with Crippen molar-refractivity contribution in [3.05, 3.63) is 70.9 Å². The van der Waals surface area contributed by atoms with E-state index in [9.17, 15) is 4.79 Å². The van der Waals surface area contributed by atoms with Gasteiger partial charge in [-0.25, -0.2) is 4.79 Å². The molecule has 0 spiro atoms. The number of ether oxygens (including phenoxy) is 1. The molecule has 0 atom stereocenters. The minimum absolute atomic E-state index is 0.913. The molecule has 3 nitrogen and oxygen atoms in total. The number of allylic oxidation sites excluding steroid dienone is 6. The smallest absolute Gasteiger partial charge is 0.328 e. The zero-order valence-corrected chi connectivity index (χ0v) is 13.5. The molecule has 0 bridgehead atoms. The van der Waals surface area contributed by atoms with Crippen LogP contribution in [0.2, 0.25) is 0 Å². The third kappa shape index (κ3) is 5.09. The van der Waals surface area contributed by atoms with Crippen molar-refractivity contribution in [2.24, 2.45) is 0 Å². The molecule has 1 aromatic carbocycles. The van der Waals surface area contributed by atoms with E-state index in [1.807, 2.05) is 24.3 Å². The van der Waals surface area contributed by atoms with Crippen molar-refractivity contribution in [2.75, 3.05) is 7.11 Å². The molecule has 0 aliphatic rings. The van der Waals surface area contributed by atoms with Crippen LogP contribution in [0.5, 0.6) is 5.75 Å². The number of rotatable bonds is 6. The topological polar surface area (TPSA) is 46.5 Å². The van der Waals surface area contributed by atoms with E-state index in [1.165, 1.54) is 22.8 Å². The van der Waals surface area contributed by atoms with Crippen LogP contribution in [0.1, 0.15) is 22.3 Å². The van der Waals surface area contributed by atoms with Crippen LogP contribution in [0, 0.1) is 20.8 Å². The lowest BCUT2D eigenvalue weighted by Gasteiger charge is -2.13. The highest BCUT2D eigenvalue weighted by molar-refractivity contribution is 5.80. The van der Waals surface area contributed by atoms with Crippen molar-refractivity contribution >= 4 is 12.0 Å².